The van der Waals surface area contributed by atoms with Gasteiger partial charge in [0, 0.05) is 37.7 Å². The maximum atomic E-state index is 5.47. The van der Waals surface area contributed by atoms with E-state index in [9.17, 15) is 0 Å². The van der Waals surface area contributed by atoms with Gasteiger partial charge in [-0.05, 0) is 36.0 Å². The lowest BCUT2D eigenvalue weighted by Gasteiger charge is -2.35. The third-order valence-electron chi connectivity index (χ3n) is 4.04. The predicted octanol–water partition coefficient (Wildman–Crippen LogP) is 2.44. The van der Waals surface area contributed by atoms with Crippen molar-refractivity contribution in [2.75, 3.05) is 38.2 Å². The molecule has 5 nitrogen and oxygen atoms in total. The molecule has 0 spiro atoms. The van der Waals surface area contributed by atoms with Crippen LogP contribution in [0.1, 0.15) is 11.6 Å². The third-order valence-corrected chi connectivity index (χ3v) is 4.29. The third kappa shape index (κ3) is 4.74. The first-order valence-electron chi connectivity index (χ1n) is 8.14. The van der Waals surface area contributed by atoms with Crippen LogP contribution in [0.2, 0.25) is 0 Å². The van der Waals surface area contributed by atoms with Gasteiger partial charge in [0.2, 0.25) is 0 Å². The van der Waals surface area contributed by atoms with Gasteiger partial charge in [0.25, 0.3) is 0 Å². The number of ether oxygens (including phenoxy) is 1. The highest BCUT2D eigenvalue weighted by molar-refractivity contribution is 7.80. The monoisotopic (exact) mass is 342 g/mol. The molecular weight excluding hydrogens is 320 g/mol. The molecule has 0 unspecified atom stereocenters. The Balaban J connectivity index is 1.62. The van der Waals surface area contributed by atoms with Crippen LogP contribution in [0.5, 0.6) is 0 Å². The molecule has 1 aromatic heterocycles. The molecule has 2 heterocycles. The fourth-order valence-electron chi connectivity index (χ4n) is 2.81. The smallest absolute Gasteiger partial charge is 0.170 e. The van der Waals surface area contributed by atoms with Crippen molar-refractivity contribution in [2.45, 2.75) is 6.04 Å². The van der Waals surface area contributed by atoms with E-state index in [1.165, 1.54) is 5.56 Å². The molecule has 1 aliphatic heterocycles. The topological polar surface area (TPSA) is 49.4 Å². The lowest BCUT2D eigenvalue weighted by molar-refractivity contribution is 0.0170. The van der Waals surface area contributed by atoms with Gasteiger partial charge in [-0.25, -0.2) is 0 Å². The van der Waals surface area contributed by atoms with Gasteiger partial charge < -0.3 is 15.4 Å². The number of morpholine rings is 1. The maximum absolute atomic E-state index is 5.47. The molecule has 126 valence electrons. The quantitative estimate of drug-likeness (QED) is 0.814. The van der Waals surface area contributed by atoms with Crippen LogP contribution >= 0.6 is 12.2 Å². The van der Waals surface area contributed by atoms with Crippen molar-refractivity contribution in [1.29, 1.82) is 0 Å². The number of anilines is 1. The zero-order valence-corrected chi connectivity index (χ0v) is 14.3. The molecule has 1 aromatic carbocycles. The average Bonchev–Trinajstić information content (AvgIpc) is 2.64. The second kappa shape index (κ2) is 8.73. The SMILES string of the molecule is S=C(NC[C@@H](c1cccnc1)N1CCOCC1)Nc1ccccc1. The van der Waals surface area contributed by atoms with Gasteiger partial charge in [0.1, 0.15) is 0 Å². The minimum atomic E-state index is 0.220. The molecule has 1 atom stereocenters. The lowest BCUT2D eigenvalue weighted by atomic mass is 10.1. The summed E-state index contributed by atoms with van der Waals surface area (Å²) in [4.78, 5) is 6.68. The zero-order chi connectivity index (χ0) is 16.6. The average molecular weight is 342 g/mol. The molecule has 1 saturated heterocycles. The van der Waals surface area contributed by atoms with Gasteiger partial charge in [-0.1, -0.05) is 24.3 Å². The normalized spacial score (nSPS) is 16.3. The van der Waals surface area contributed by atoms with E-state index in [1.807, 2.05) is 42.6 Å². The molecule has 0 bridgehead atoms. The van der Waals surface area contributed by atoms with Gasteiger partial charge in [-0.15, -0.1) is 0 Å². The van der Waals surface area contributed by atoms with Crippen molar-refractivity contribution in [2.24, 2.45) is 0 Å². The highest BCUT2D eigenvalue weighted by Gasteiger charge is 2.22. The molecule has 1 aliphatic rings. The summed E-state index contributed by atoms with van der Waals surface area (Å²) in [6, 6.07) is 14.2. The first-order chi connectivity index (χ1) is 11.8. The van der Waals surface area contributed by atoms with Gasteiger partial charge in [-0.3, -0.25) is 9.88 Å². The number of benzene rings is 1. The van der Waals surface area contributed by atoms with Crippen molar-refractivity contribution < 1.29 is 4.74 Å². The number of rotatable bonds is 5. The number of hydrogen-bond donors (Lipinski definition) is 2. The second-order valence-corrected chi connectivity index (χ2v) is 6.06. The zero-order valence-electron chi connectivity index (χ0n) is 13.5. The Labute approximate surface area is 148 Å². The Morgan fingerprint density at radius 3 is 2.67 bits per heavy atom. The van der Waals surface area contributed by atoms with Gasteiger partial charge in [0.05, 0.1) is 19.3 Å². The largest absolute Gasteiger partial charge is 0.379 e. The number of thiocarbonyl (C=S) groups is 1. The van der Waals surface area contributed by atoms with E-state index >= 15 is 0 Å². The van der Waals surface area contributed by atoms with E-state index in [-0.39, 0.29) is 6.04 Å². The molecule has 1 fully saturated rings. The molecule has 2 N–H and O–H groups in total. The highest BCUT2D eigenvalue weighted by Crippen LogP contribution is 2.20. The Bertz CT molecular complexity index is 632. The van der Waals surface area contributed by atoms with Crippen LogP contribution in [0.3, 0.4) is 0 Å². The minimum absolute atomic E-state index is 0.220. The predicted molar refractivity (Wildman–Crippen MR) is 100 cm³/mol. The summed E-state index contributed by atoms with van der Waals surface area (Å²) in [5, 5.41) is 7.18. The number of hydrogen-bond acceptors (Lipinski definition) is 4. The number of para-hydroxylation sites is 1. The van der Waals surface area contributed by atoms with E-state index in [1.54, 1.807) is 6.20 Å². The van der Waals surface area contributed by atoms with Crippen molar-refractivity contribution in [1.82, 2.24) is 15.2 Å². The van der Waals surface area contributed by atoms with E-state index in [0.717, 1.165) is 38.5 Å². The first kappa shape index (κ1) is 16.8. The molecule has 0 saturated carbocycles. The van der Waals surface area contributed by atoms with Crippen molar-refractivity contribution >= 4 is 23.0 Å². The van der Waals surface area contributed by atoms with E-state index in [2.05, 4.69) is 26.6 Å². The molecule has 0 amide bonds. The summed E-state index contributed by atoms with van der Waals surface area (Å²) in [5.41, 5.74) is 2.17. The Morgan fingerprint density at radius 1 is 1.17 bits per heavy atom. The number of aromatic nitrogens is 1. The minimum Gasteiger partial charge on any atom is -0.379 e. The van der Waals surface area contributed by atoms with E-state index in [4.69, 9.17) is 17.0 Å². The Kier molecular flexibility index (Phi) is 6.12. The Morgan fingerprint density at radius 2 is 1.96 bits per heavy atom. The first-order valence-corrected chi connectivity index (χ1v) is 8.55. The van der Waals surface area contributed by atoms with Gasteiger partial charge in [0.15, 0.2) is 5.11 Å². The number of nitrogens with one attached hydrogen (secondary N) is 2. The fourth-order valence-corrected chi connectivity index (χ4v) is 3.01. The van der Waals surface area contributed by atoms with Gasteiger partial charge >= 0.3 is 0 Å². The fraction of sp³-hybridized carbons (Fsp3) is 0.333. The van der Waals surface area contributed by atoms with Crippen LogP contribution in [0.15, 0.2) is 54.9 Å². The summed E-state index contributed by atoms with van der Waals surface area (Å²) in [5.74, 6) is 0. The van der Waals surface area contributed by atoms with Crippen LogP contribution < -0.4 is 10.6 Å². The van der Waals surface area contributed by atoms with Crippen LogP contribution in [-0.4, -0.2) is 47.8 Å². The van der Waals surface area contributed by atoms with Crippen LogP contribution in [0.4, 0.5) is 5.69 Å². The molecule has 2 aromatic rings. The molecule has 24 heavy (non-hydrogen) atoms. The highest BCUT2D eigenvalue weighted by atomic mass is 32.1. The lowest BCUT2D eigenvalue weighted by Crippen LogP contribution is -2.44. The Hall–Kier alpha value is -2.02. The van der Waals surface area contributed by atoms with E-state index < -0.39 is 0 Å². The van der Waals surface area contributed by atoms with Crippen molar-refractivity contribution in [3.8, 4) is 0 Å². The molecule has 3 rings (SSSR count). The summed E-state index contributed by atoms with van der Waals surface area (Å²) in [6.07, 6.45) is 3.73. The maximum Gasteiger partial charge on any atom is 0.170 e. The van der Waals surface area contributed by atoms with Gasteiger partial charge in [-0.2, -0.15) is 0 Å². The van der Waals surface area contributed by atoms with Crippen molar-refractivity contribution in [3.63, 3.8) is 0 Å². The number of nitrogens with zero attached hydrogens (tertiary/aromatic N) is 2. The molecule has 6 heteroatoms. The summed E-state index contributed by atoms with van der Waals surface area (Å²) in [7, 11) is 0. The van der Waals surface area contributed by atoms with Crippen LogP contribution in [-0.2, 0) is 4.74 Å². The van der Waals surface area contributed by atoms with Crippen LogP contribution in [0.25, 0.3) is 0 Å². The molecule has 0 radical (unpaired) electrons. The second-order valence-electron chi connectivity index (χ2n) is 5.65. The summed E-state index contributed by atoms with van der Waals surface area (Å²) >= 11 is 5.42. The standard InChI is InChI=1S/C18H22N4OS/c24-18(21-16-6-2-1-3-7-16)20-14-17(15-5-4-8-19-13-15)22-9-11-23-12-10-22/h1-8,13,17H,9-12,14H2,(H2,20,21,24)/t17-/m0/s1. The summed E-state index contributed by atoms with van der Waals surface area (Å²) in [6.45, 7) is 4.09. The molecular formula is C18H22N4OS. The number of pyridine rings is 1. The van der Waals surface area contributed by atoms with Crippen molar-refractivity contribution in [3.05, 3.63) is 60.4 Å². The molecule has 0 aliphatic carbocycles. The summed E-state index contributed by atoms with van der Waals surface area (Å²) < 4.78 is 5.47. The van der Waals surface area contributed by atoms with Crippen LogP contribution in [0, 0.1) is 0 Å². The van der Waals surface area contributed by atoms with E-state index in [0.29, 0.717) is 5.11 Å².